The van der Waals surface area contributed by atoms with Gasteiger partial charge < -0.3 is 10.6 Å². The van der Waals surface area contributed by atoms with E-state index in [0.29, 0.717) is 0 Å². The molecule has 0 aromatic carbocycles. The van der Waals surface area contributed by atoms with Gasteiger partial charge in [0.25, 0.3) is 0 Å². The smallest absolute Gasteiger partial charge is 0.227 e. The average molecular weight is 457 g/mol. The number of halogens is 3. The van der Waals surface area contributed by atoms with Crippen LogP contribution < -0.4 is 5.73 Å². The SMILES string of the molecule is Cc1nn(C)c(C)c1CN1CCN(C(=O)C2CCCCC2(C)N)CC1.Cl.Cl.Cl. The molecule has 0 spiro atoms. The van der Waals surface area contributed by atoms with Crippen LogP contribution in [0.15, 0.2) is 0 Å². The molecule has 9 heteroatoms. The Morgan fingerprint density at radius 1 is 1.14 bits per heavy atom. The maximum atomic E-state index is 13.0. The van der Waals surface area contributed by atoms with Gasteiger partial charge in [-0.05, 0) is 33.6 Å². The zero-order valence-electron chi connectivity index (χ0n) is 17.4. The van der Waals surface area contributed by atoms with Crippen LogP contribution in [0.2, 0.25) is 0 Å². The van der Waals surface area contributed by atoms with Crippen molar-refractivity contribution >= 4 is 43.1 Å². The molecule has 1 aliphatic carbocycles. The minimum absolute atomic E-state index is 0. The molecule has 2 aliphatic rings. The van der Waals surface area contributed by atoms with Crippen molar-refractivity contribution in [3.63, 3.8) is 0 Å². The summed E-state index contributed by atoms with van der Waals surface area (Å²) < 4.78 is 1.95. The summed E-state index contributed by atoms with van der Waals surface area (Å²) in [5.41, 5.74) is 9.76. The molecule has 3 rings (SSSR count). The Morgan fingerprint density at radius 3 is 2.25 bits per heavy atom. The number of aryl methyl sites for hydroxylation is 2. The molecule has 1 aromatic heterocycles. The number of hydrogen-bond donors (Lipinski definition) is 1. The van der Waals surface area contributed by atoms with Gasteiger partial charge in [0.1, 0.15) is 0 Å². The van der Waals surface area contributed by atoms with Crippen molar-refractivity contribution in [3.8, 4) is 0 Å². The number of nitrogens with two attached hydrogens (primary N) is 1. The lowest BCUT2D eigenvalue weighted by Gasteiger charge is -2.42. The first kappa shape index (κ1) is 27.5. The number of piperazine rings is 1. The number of carbonyl (C=O) groups excluding carboxylic acids is 1. The summed E-state index contributed by atoms with van der Waals surface area (Å²) in [6, 6.07) is 0. The second kappa shape index (κ2) is 11.0. The number of aromatic nitrogens is 2. The normalized spacial score (nSPS) is 25.3. The Kier molecular flexibility index (Phi) is 10.8. The molecule has 1 saturated carbocycles. The molecule has 164 valence electrons. The van der Waals surface area contributed by atoms with Gasteiger partial charge in [0.15, 0.2) is 0 Å². The third-order valence-corrected chi connectivity index (χ3v) is 6.28. The zero-order valence-corrected chi connectivity index (χ0v) is 19.9. The Hall–Kier alpha value is -0.530. The third kappa shape index (κ3) is 5.76. The Balaban J connectivity index is 0.00000243. The van der Waals surface area contributed by atoms with E-state index < -0.39 is 0 Å². The van der Waals surface area contributed by atoms with Gasteiger partial charge >= 0.3 is 0 Å². The van der Waals surface area contributed by atoms with E-state index in [1.165, 1.54) is 11.3 Å². The summed E-state index contributed by atoms with van der Waals surface area (Å²) in [6.45, 7) is 10.6. The fourth-order valence-electron chi connectivity index (χ4n) is 4.38. The lowest BCUT2D eigenvalue weighted by Crippen LogP contribution is -2.57. The lowest BCUT2D eigenvalue weighted by atomic mass is 9.74. The molecule has 1 aliphatic heterocycles. The predicted octanol–water partition coefficient (Wildman–Crippen LogP) is 2.85. The molecule has 2 fully saturated rings. The van der Waals surface area contributed by atoms with Gasteiger partial charge in [-0.25, -0.2) is 0 Å². The summed E-state index contributed by atoms with van der Waals surface area (Å²) in [7, 11) is 2.00. The molecule has 2 N–H and O–H groups in total. The van der Waals surface area contributed by atoms with Gasteiger partial charge in [-0.2, -0.15) is 5.10 Å². The van der Waals surface area contributed by atoms with Crippen molar-refractivity contribution < 1.29 is 4.79 Å². The van der Waals surface area contributed by atoms with E-state index in [1.54, 1.807) is 0 Å². The van der Waals surface area contributed by atoms with Gasteiger partial charge in [0.2, 0.25) is 5.91 Å². The van der Waals surface area contributed by atoms with E-state index in [4.69, 9.17) is 5.73 Å². The first-order valence-corrected chi connectivity index (χ1v) is 9.58. The summed E-state index contributed by atoms with van der Waals surface area (Å²) >= 11 is 0. The summed E-state index contributed by atoms with van der Waals surface area (Å²) in [5.74, 6) is 0.272. The van der Waals surface area contributed by atoms with E-state index >= 15 is 0 Å². The Morgan fingerprint density at radius 2 is 1.75 bits per heavy atom. The molecule has 2 unspecified atom stereocenters. The second-order valence-electron chi connectivity index (χ2n) is 8.18. The van der Waals surface area contributed by atoms with Crippen LogP contribution >= 0.6 is 37.2 Å². The molecular formula is C19H36Cl3N5O. The number of nitrogens with zero attached hydrogens (tertiary/aromatic N) is 4. The van der Waals surface area contributed by atoms with Gasteiger partial charge in [-0.1, -0.05) is 12.8 Å². The third-order valence-electron chi connectivity index (χ3n) is 6.28. The van der Waals surface area contributed by atoms with Gasteiger partial charge in [-0.3, -0.25) is 14.4 Å². The van der Waals surface area contributed by atoms with Gasteiger partial charge in [0.05, 0.1) is 11.6 Å². The highest BCUT2D eigenvalue weighted by Crippen LogP contribution is 2.33. The summed E-state index contributed by atoms with van der Waals surface area (Å²) in [5, 5.41) is 4.51. The first-order valence-electron chi connectivity index (χ1n) is 9.58. The average Bonchev–Trinajstić information content (AvgIpc) is 2.81. The first-order chi connectivity index (χ1) is 11.8. The highest BCUT2D eigenvalue weighted by molar-refractivity contribution is 5.86. The highest BCUT2D eigenvalue weighted by Gasteiger charge is 2.40. The largest absolute Gasteiger partial charge is 0.340 e. The minimum Gasteiger partial charge on any atom is -0.340 e. The molecule has 2 atom stereocenters. The molecule has 6 nitrogen and oxygen atoms in total. The Labute approximate surface area is 187 Å². The quantitative estimate of drug-likeness (QED) is 0.759. The lowest BCUT2D eigenvalue weighted by molar-refractivity contribution is -0.140. The number of carbonyl (C=O) groups is 1. The van der Waals surface area contributed by atoms with Crippen LogP contribution in [-0.4, -0.2) is 57.2 Å². The van der Waals surface area contributed by atoms with Gasteiger partial charge in [-0.15, -0.1) is 37.2 Å². The zero-order chi connectivity index (χ0) is 18.2. The van der Waals surface area contributed by atoms with Crippen molar-refractivity contribution in [1.82, 2.24) is 19.6 Å². The predicted molar refractivity (Wildman–Crippen MR) is 121 cm³/mol. The molecular weight excluding hydrogens is 421 g/mol. The topological polar surface area (TPSA) is 67.4 Å². The maximum Gasteiger partial charge on any atom is 0.227 e. The highest BCUT2D eigenvalue weighted by atomic mass is 35.5. The van der Waals surface area contributed by atoms with Crippen molar-refractivity contribution in [2.75, 3.05) is 26.2 Å². The van der Waals surface area contributed by atoms with E-state index in [1.807, 2.05) is 16.6 Å². The molecule has 2 heterocycles. The van der Waals surface area contributed by atoms with E-state index in [-0.39, 0.29) is 54.6 Å². The summed E-state index contributed by atoms with van der Waals surface area (Å²) in [6.07, 6.45) is 4.18. The number of rotatable bonds is 3. The number of hydrogen-bond acceptors (Lipinski definition) is 4. The number of amides is 1. The van der Waals surface area contributed by atoms with Gasteiger partial charge in [0, 0.05) is 56.6 Å². The molecule has 28 heavy (non-hydrogen) atoms. The van der Waals surface area contributed by atoms with Crippen molar-refractivity contribution in [2.24, 2.45) is 18.7 Å². The van der Waals surface area contributed by atoms with Crippen molar-refractivity contribution in [3.05, 3.63) is 17.0 Å². The molecule has 0 bridgehead atoms. The van der Waals surface area contributed by atoms with Crippen molar-refractivity contribution in [2.45, 2.75) is 58.5 Å². The van der Waals surface area contributed by atoms with E-state index in [9.17, 15) is 4.79 Å². The minimum atomic E-state index is -0.337. The van der Waals surface area contributed by atoms with Crippen LogP contribution in [0.3, 0.4) is 0 Å². The van der Waals surface area contributed by atoms with E-state index in [2.05, 4.69) is 30.8 Å². The molecule has 1 amide bonds. The maximum absolute atomic E-state index is 13.0. The van der Waals surface area contributed by atoms with E-state index in [0.717, 1.165) is 64.1 Å². The molecule has 1 aromatic rings. The van der Waals surface area contributed by atoms with Crippen LogP contribution in [0, 0.1) is 19.8 Å². The Bertz CT molecular complexity index is 642. The monoisotopic (exact) mass is 455 g/mol. The second-order valence-corrected chi connectivity index (χ2v) is 8.18. The van der Waals surface area contributed by atoms with Crippen LogP contribution in [0.4, 0.5) is 0 Å². The van der Waals surface area contributed by atoms with Crippen LogP contribution in [0.25, 0.3) is 0 Å². The van der Waals surface area contributed by atoms with Crippen LogP contribution in [0.1, 0.15) is 49.6 Å². The van der Waals surface area contributed by atoms with Crippen LogP contribution in [-0.2, 0) is 18.4 Å². The standard InChI is InChI=1S/C19H33N5O.3ClH/c1-14-16(15(2)22(4)21-14)13-23-9-11-24(12-10-23)18(25)17-7-5-6-8-19(17,3)20;;;/h17H,5-13,20H2,1-4H3;3*1H. The molecule has 1 saturated heterocycles. The van der Waals surface area contributed by atoms with Crippen molar-refractivity contribution in [1.29, 1.82) is 0 Å². The fourth-order valence-corrected chi connectivity index (χ4v) is 4.38. The summed E-state index contributed by atoms with van der Waals surface area (Å²) in [4.78, 5) is 17.4. The fraction of sp³-hybridized carbons (Fsp3) is 0.789. The molecule has 0 radical (unpaired) electrons. The van der Waals surface area contributed by atoms with Crippen LogP contribution in [0.5, 0.6) is 0 Å².